The van der Waals surface area contributed by atoms with Gasteiger partial charge in [-0.2, -0.15) is 0 Å². The number of fused-ring (bicyclic) bond motifs is 1. The van der Waals surface area contributed by atoms with Crippen molar-refractivity contribution < 1.29 is 4.79 Å². The van der Waals surface area contributed by atoms with Gasteiger partial charge in [0.15, 0.2) is 5.13 Å². The Kier molecular flexibility index (Phi) is 3.23. The molecule has 3 heterocycles. The summed E-state index contributed by atoms with van der Waals surface area (Å²) in [6.07, 6.45) is 4.03. The van der Waals surface area contributed by atoms with Gasteiger partial charge in [-0.15, -0.1) is 11.3 Å². The molecule has 0 fully saturated rings. The van der Waals surface area contributed by atoms with E-state index in [1.165, 1.54) is 11.3 Å². The third-order valence-corrected chi connectivity index (χ3v) is 4.02. The molecule has 0 saturated heterocycles. The second kappa shape index (κ2) is 5.05. The van der Waals surface area contributed by atoms with E-state index in [1.54, 1.807) is 0 Å². The first-order valence-corrected chi connectivity index (χ1v) is 7.10. The molecule has 3 rings (SSSR count). The maximum absolute atomic E-state index is 12.0. The zero-order valence-electron chi connectivity index (χ0n) is 11.3. The molecule has 0 bridgehead atoms. The Hall–Kier alpha value is -2.21. The molecule has 0 aliphatic rings. The minimum absolute atomic E-state index is 0.0952. The smallest absolute Gasteiger partial charge is 0.232 e. The van der Waals surface area contributed by atoms with E-state index in [-0.39, 0.29) is 12.3 Å². The summed E-state index contributed by atoms with van der Waals surface area (Å²) in [5, 5.41) is 3.46. The van der Waals surface area contributed by atoms with Crippen molar-refractivity contribution in [3.05, 3.63) is 46.9 Å². The summed E-state index contributed by atoms with van der Waals surface area (Å²) in [7, 11) is 0. The van der Waals surface area contributed by atoms with Gasteiger partial charge >= 0.3 is 0 Å². The molecule has 0 aliphatic heterocycles. The number of pyridine rings is 1. The molecule has 0 aromatic carbocycles. The number of nitrogens with zero attached hydrogens (tertiary/aromatic N) is 3. The van der Waals surface area contributed by atoms with Crippen molar-refractivity contribution >= 4 is 28.0 Å². The van der Waals surface area contributed by atoms with Crippen LogP contribution in [0, 0.1) is 13.8 Å². The van der Waals surface area contributed by atoms with Crippen molar-refractivity contribution in [1.29, 1.82) is 0 Å². The predicted molar refractivity (Wildman–Crippen MR) is 79.1 cm³/mol. The van der Waals surface area contributed by atoms with Crippen molar-refractivity contribution in [2.75, 3.05) is 5.32 Å². The third-order valence-electron chi connectivity index (χ3n) is 3.03. The normalized spacial score (nSPS) is 10.9. The highest BCUT2D eigenvalue weighted by Gasteiger charge is 2.10. The highest BCUT2D eigenvalue weighted by atomic mass is 32.1. The Balaban J connectivity index is 1.72. The van der Waals surface area contributed by atoms with Gasteiger partial charge in [0, 0.05) is 17.3 Å². The van der Waals surface area contributed by atoms with Crippen LogP contribution in [0.2, 0.25) is 0 Å². The number of carbonyl (C=O) groups is 1. The summed E-state index contributed by atoms with van der Waals surface area (Å²) in [5.41, 5.74) is 2.55. The van der Waals surface area contributed by atoms with Crippen LogP contribution in [0.1, 0.15) is 16.3 Å². The van der Waals surface area contributed by atoms with Crippen LogP contribution in [-0.2, 0) is 11.2 Å². The summed E-state index contributed by atoms with van der Waals surface area (Å²) < 4.78 is 1.90. The molecule has 20 heavy (non-hydrogen) atoms. The lowest BCUT2D eigenvalue weighted by atomic mass is 10.3. The second-order valence-corrected chi connectivity index (χ2v) is 5.79. The molecule has 0 atom stereocenters. The molecule has 0 spiro atoms. The van der Waals surface area contributed by atoms with Gasteiger partial charge in [0.1, 0.15) is 5.65 Å². The monoisotopic (exact) mass is 286 g/mol. The maximum Gasteiger partial charge on any atom is 0.232 e. The van der Waals surface area contributed by atoms with Crippen LogP contribution in [0.4, 0.5) is 5.13 Å². The Bertz CT molecular complexity index is 722. The Morgan fingerprint density at radius 2 is 2.20 bits per heavy atom. The van der Waals surface area contributed by atoms with Gasteiger partial charge in [-0.25, -0.2) is 9.97 Å². The second-order valence-electron chi connectivity index (χ2n) is 4.58. The Labute approximate surface area is 120 Å². The van der Waals surface area contributed by atoms with E-state index >= 15 is 0 Å². The van der Waals surface area contributed by atoms with E-state index in [2.05, 4.69) is 15.3 Å². The first-order valence-electron chi connectivity index (χ1n) is 6.28. The van der Waals surface area contributed by atoms with Gasteiger partial charge in [0.2, 0.25) is 5.91 Å². The fourth-order valence-corrected chi connectivity index (χ4v) is 2.76. The van der Waals surface area contributed by atoms with Gasteiger partial charge < -0.3 is 9.72 Å². The van der Waals surface area contributed by atoms with E-state index in [4.69, 9.17) is 0 Å². The fourth-order valence-electron chi connectivity index (χ4n) is 1.93. The van der Waals surface area contributed by atoms with Crippen LogP contribution in [0.15, 0.2) is 30.6 Å². The zero-order chi connectivity index (χ0) is 14.1. The van der Waals surface area contributed by atoms with Crippen LogP contribution in [0.25, 0.3) is 5.65 Å². The lowest BCUT2D eigenvalue weighted by molar-refractivity contribution is -0.115. The number of imidazole rings is 1. The van der Waals surface area contributed by atoms with Crippen LogP contribution in [-0.4, -0.2) is 20.3 Å². The molecule has 1 N–H and O–H groups in total. The van der Waals surface area contributed by atoms with E-state index in [0.717, 1.165) is 21.9 Å². The molecule has 0 radical (unpaired) electrons. The number of rotatable bonds is 3. The maximum atomic E-state index is 12.0. The summed E-state index contributed by atoms with van der Waals surface area (Å²) in [4.78, 5) is 21.8. The average Bonchev–Trinajstić information content (AvgIpc) is 2.92. The van der Waals surface area contributed by atoms with Crippen LogP contribution >= 0.6 is 11.3 Å². The van der Waals surface area contributed by atoms with Crippen molar-refractivity contribution in [3.63, 3.8) is 0 Å². The SMILES string of the molecule is Cc1nc(NC(=O)Cc2cn3ccccc3n2)sc1C. The van der Waals surface area contributed by atoms with Crippen LogP contribution in [0.3, 0.4) is 0 Å². The van der Waals surface area contributed by atoms with Gasteiger partial charge in [-0.1, -0.05) is 6.07 Å². The predicted octanol–water partition coefficient (Wildman–Crippen LogP) is 2.59. The summed E-state index contributed by atoms with van der Waals surface area (Å²) >= 11 is 1.49. The molecule has 0 unspecified atom stereocenters. The molecule has 3 aromatic rings. The summed E-state index contributed by atoms with van der Waals surface area (Å²) in [5.74, 6) is -0.0952. The molecule has 0 saturated carbocycles. The first-order chi connectivity index (χ1) is 9.61. The minimum Gasteiger partial charge on any atom is -0.307 e. The minimum atomic E-state index is -0.0952. The lowest BCUT2D eigenvalue weighted by Crippen LogP contribution is -2.14. The Morgan fingerprint density at radius 3 is 2.90 bits per heavy atom. The van der Waals surface area contributed by atoms with Crippen LogP contribution < -0.4 is 5.32 Å². The lowest BCUT2D eigenvalue weighted by Gasteiger charge is -1.98. The average molecular weight is 286 g/mol. The molecular formula is C14H14N4OS. The number of hydrogen-bond acceptors (Lipinski definition) is 4. The van der Waals surface area contributed by atoms with E-state index < -0.39 is 0 Å². The Morgan fingerprint density at radius 1 is 1.35 bits per heavy atom. The largest absolute Gasteiger partial charge is 0.307 e. The van der Waals surface area contributed by atoms with Gasteiger partial charge in [-0.3, -0.25) is 4.79 Å². The zero-order valence-corrected chi connectivity index (χ0v) is 12.1. The number of anilines is 1. The highest BCUT2D eigenvalue weighted by Crippen LogP contribution is 2.21. The molecule has 3 aromatic heterocycles. The van der Waals surface area contributed by atoms with Crippen molar-refractivity contribution in [2.45, 2.75) is 20.3 Å². The number of aryl methyl sites for hydroxylation is 2. The first kappa shape index (κ1) is 12.8. The summed E-state index contributed by atoms with van der Waals surface area (Å²) in [6.45, 7) is 3.92. The molecule has 5 nitrogen and oxygen atoms in total. The highest BCUT2D eigenvalue weighted by molar-refractivity contribution is 7.15. The van der Waals surface area contributed by atoms with Crippen molar-refractivity contribution in [2.24, 2.45) is 0 Å². The van der Waals surface area contributed by atoms with Gasteiger partial charge in [0.05, 0.1) is 17.8 Å². The van der Waals surface area contributed by atoms with Crippen LogP contribution in [0.5, 0.6) is 0 Å². The topological polar surface area (TPSA) is 59.3 Å². The van der Waals surface area contributed by atoms with E-state index in [9.17, 15) is 4.79 Å². The molecule has 0 aliphatic carbocycles. The molecule has 1 amide bonds. The third kappa shape index (κ3) is 2.55. The van der Waals surface area contributed by atoms with E-state index in [1.807, 2.05) is 48.8 Å². The van der Waals surface area contributed by atoms with Crippen molar-refractivity contribution in [3.8, 4) is 0 Å². The number of aromatic nitrogens is 3. The van der Waals surface area contributed by atoms with E-state index in [0.29, 0.717) is 5.13 Å². The quantitative estimate of drug-likeness (QED) is 0.805. The summed E-state index contributed by atoms with van der Waals surface area (Å²) in [6, 6.07) is 5.77. The molecular weight excluding hydrogens is 272 g/mol. The number of carbonyl (C=O) groups excluding carboxylic acids is 1. The number of amides is 1. The fraction of sp³-hybridized carbons (Fsp3) is 0.214. The number of hydrogen-bond donors (Lipinski definition) is 1. The van der Waals surface area contributed by atoms with Crippen molar-refractivity contribution in [1.82, 2.24) is 14.4 Å². The number of thiazole rings is 1. The van der Waals surface area contributed by atoms with Gasteiger partial charge in [-0.05, 0) is 26.0 Å². The molecule has 6 heteroatoms. The molecule has 102 valence electrons. The standard InChI is InChI=1S/C14H14N4OS/c1-9-10(2)20-14(15-9)17-13(19)7-11-8-18-6-4-3-5-12(18)16-11/h3-6,8H,7H2,1-2H3,(H,15,17,19). The van der Waals surface area contributed by atoms with Gasteiger partial charge in [0.25, 0.3) is 0 Å². The number of nitrogens with one attached hydrogen (secondary N) is 1.